The van der Waals surface area contributed by atoms with Crippen LogP contribution in [0.2, 0.25) is 0 Å². The molecule has 0 amide bonds. The number of sulfone groups is 1. The average Bonchev–Trinajstić information content (AvgIpc) is 2.25. The van der Waals surface area contributed by atoms with E-state index in [1.54, 1.807) is 13.8 Å². The van der Waals surface area contributed by atoms with Crippen molar-refractivity contribution < 1.29 is 8.42 Å². The van der Waals surface area contributed by atoms with Gasteiger partial charge in [0.15, 0.2) is 9.84 Å². The highest BCUT2D eigenvalue weighted by atomic mass is 32.2. The molecule has 0 saturated heterocycles. The van der Waals surface area contributed by atoms with E-state index in [2.05, 4.69) is 5.32 Å². The van der Waals surface area contributed by atoms with Crippen LogP contribution in [0.3, 0.4) is 0 Å². The Kier molecular flexibility index (Phi) is 4.98. The molecule has 0 radical (unpaired) electrons. The second-order valence-electron chi connectivity index (χ2n) is 5.80. The minimum absolute atomic E-state index is 0.384. The highest BCUT2D eigenvalue weighted by Crippen LogP contribution is 2.24. The fourth-order valence-corrected chi connectivity index (χ4v) is 2.61. The Bertz CT molecular complexity index is 338. The lowest BCUT2D eigenvalue weighted by atomic mass is 9.84. The van der Waals surface area contributed by atoms with Crippen molar-refractivity contribution in [3.8, 4) is 0 Å². The highest BCUT2D eigenvalue weighted by Gasteiger charge is 2.32. The summed E-state index contributed by atoms with van der Waals surface area (Å²) in [5, 5.41) is 3.41. The molecular formula is C12H26N2O2S. The van der Waals surface area contributed by atoms with Crippen LogP contribution in [0.5, 0.6) is 0 Å². The normalized spacial score (nSPS) is 27.1. The number of rotatable bonds is 5. The summed E-state index contributed by atoms with van der Waals surface area (Å²) in [5.41, 5.74) is 5.76. The zero-order chi connectivity index (χ0) is 13.1. The molecule has 1 rings (SSSR count). The van der Waals surface area contributed by atoms with E-state index < -0.39 is 14.6 Å². The van der Waals surface area contributed by atoms with Gasteiger partial charge in [-0.05, 0) is 39.2 Å². The van der Waals surface area contributed by atoms with Crippen molar-refractivity contribution in [1.29, 1.82) is 0 Å². The monoisotopic (exact) mass is 262 g/mol. The molecule has 0 aromatic heterocycles. The fourth-order valence-electron chi connectivity index (χ4n) is 2.27. The maximum Gasteiger partial charge on any atom is 0.153 e. The fraction of sp³-hybridized carbons (Fsp3) is 1.00. The summed E-state index contributed by atoms with van der Waals surface area (Å²) in [7, 11) is -3.02. The molecule has 3 N–H and O–H groups in total. The van der Waals surface area contributed by atoms with Crippen LogP contribution < -0.4 is 11.1 Å². The van der Waals surface area contributed by atoms with Gasteiger partial charge in [0, 0.05) is 18.8 Å². The van der Waals surface area contributed by atoms with Gasteiger partial charge in [-0.15, -0.1) is 0 Å². The van der Waals surface area contributed by atoms with E-state index in [4.69, 9.17) is 5.73 Å². The average molecular weight is 262 g/mol. The van der Waals surface area contributed by atoms with Crippen molar-refractivity contribution in [2.75, 3.05) is 19.3 Å². The van der Waals surface area contributed by atoms with Crippen molar-refractivity contribution in [3.05, 3.63) is 0 Å². The van der Waals surface area contributed by atoms with E-state index in [1.807, 2.05) is 0 Å². The quantitative estimate of drug-likeness (QED) is 0.773. The highest BCUT2D eigenvalue weighted by molar-refractivity contribution is 7.92. The van der Waals surface area contributed by atoms with Crippen molar-refractivity contribution in [2.24, 2.45) is 11.7 Å². The Labute approximate surface area is 105 Å². The molecule has 102 valence electrons. The molecule has 1 aliphatic carbocycles. The van der Waals surface area contributed by atoms with Crippen LogP contribution in [-0.4, -0.2) is 38.6 Å². The first-order chi connectivity index (χ1) is 7.78. The Morgan fingerprint density at radius 3 is 2.41 bits per heavy atom. The van der Waals surface area contributed by atoms with Crippen LogP contribution >= 0.6 is 0 Å². The maximum absolute atomic E-state index is 11.6. The van der Waals surface area contributed by atoms with Gasteiger partial charge in [-0.2, -0.15) is 0 Å². The van der Waals surface area contributed by atoms with E-state index in [0.29, 0.717) is 25.0 Å². The number of hydrogen-bond donors (Lipinski definition) is 2. The number of nitrogens with one attached hydrogen (secondary N) is 1. The molecule has 0 heterocycles. The third kappa shape index (κ3) is 3.93. The van der Waals surface area contributed by atoms with Gasteiger partial charge in [0.05, 0.1) is 4.75 Å². The Hall–Kier alpha value is -0.130. The summed E-state index contributed by atoms with van der Waals surface area (Å²) < 4.78 is 22.5. The Morgan fingerprint density at radius 1 is 1.29 bits per heavy atom. The molecule has 5 heteroatoms. The zero-order valence-corrected chi connectivity index (χ0v) is 12.0. The molecule has 0 aliphatic heterocycles. The maximum atomic E-state index is 11.6. The van der Waals surface area contributed by atoms with Gasteiger partial charge in [-0.25, -0.2) is 8.42 Å². The summed E-state index contributed by atoms with van der Waals surface area (Å²) in [4.78, 5) is 0. The zero-order valence-electron chi connectivity index (χ0n) is 11.2. The molecule has 0 aromatic carbocycles. The predicted molar refractivity (Wildman–Crippen MR) is 71.7 cm³/mol. The third-order valence-corrected chi connectivity index (χ3v) is 6.16. The first-order valence-electron chi connectivity index (χ1n) is 6.41. The molecule has 1 fully saturated rings. The van der Waals surface area contributed by atoms with Crippen LogP contribution in [0.25, 0.3) is 0 Å². The Morgan fingerprint density at radius 2 is 1.88 bits per heavy atom. The van der Waals surface area contributed by atoms with Crippen LogP contribution in [0, 0.1) is 5.92 Å². The second kappa shape index (κ2) is 5.67. The van der Waals surface area contributed by atoms with Crippen LogP contribution in [0.4, 0.5) is 0 Å². The molecule has 17 heavy (non-hydrogen) atoms. The van der Waals surface area contributed by atoms with Crippen molar-refractivity contribution in [1.82, 2.24) is 5.32 Å². The standard InChI is InChI=1S/C12H26N2O2S/c1-12(2,17(3,15)16)9-14-11-7-5-4-6-10(11)8-13/h10-11,14H,4-9,13H2,1-3H3. The molecule has 1 saturated carbocycles. The SMILES string of the molecule is CC(C)(CNC1CCCCC1CN)S(C)(=O)=O. The summed E-state index contributed by atoms with van der Waals surface area (Å²) >= 11 is 0. The van der Waals surface area contributed by atoms with Crippen LogP contribution in [-0.2, 0) is 9.84 Å². The smallest absolute Gasteiger partial charge is 0.153 e. The molecule has 0 bridgehead atoms. The van der Waals surface area contributed by atoms with Gasteiger partial charge in [0.1, 0.15) is 0 Å². The van der Waals surface area contributed by atoms with E-state index in [0.717, 1.165) is 12.8 Å². The van der Waals surface area contributed by atoms with Gasteiger partial charge < -0.3 is 11.1 Å². The van der Waals surface area contributed by atoms with Gasteiger partial charge in [0.2, 0.25) is 0 Å². The molecular weight excluding hydrogens is 236 g/mol. The minimum atomic E-state index is -3.02. The predicted octanol–water partition coefficient (Wildman–Crippen LogP) is 0.917. The van der Waals surface area contributed by atoms with Crippen molar-refractivity contribution >= 4 is 9.84 Å². The van der Waals surface area contributed by atoms with Gasteiger partial charge in [-0.3, -0.25) is 0 Å². The first-order valence-corrected chi connectivity index (χ1v) is 8.30. The minimum Gasteiger partial charge on any atom is -0.330 e. The molecule has 0 spiro atoms. The van der Waals surface area contributed by atoms with Gasteiger partial charge in [-0.1, -0.05) is 12.8 Å². The van der Waals surface area contributed by atoms with E-state index in [1.165, 1.54) is 19.1 Å². The summed E-state index contributed by atoms with van der Waals surface area (Å²) in [5.74, 6) is 0.499. The topological polar surface area (TPSA) is 72.2 Å². The third-order valence-electron chi connectivity index (χ3n) is 4.01. The van der Waals surface area contributed by atoms with Crippen LogP contribution in [0.15, 0.2) is 0 Å². The molecule has 2 atom stereocenters. The van der Waals surface area contributed by atoms with E-state index in [-0.39, 0.29) is 0 Å². The first kappa shape index (κ1) is 14.9. The molecule has 2 unspecified atom stereocenters. The van der Waals surface area contributed by atoms with E-state index in [9.17, 15) is 8.42 Å². The summed E-state index contributed by atoms with van der Waals surface area (Å²) in [6, 6.07) is 0.384. The van der Waals surface area contributed by atoms with Gasteiger partial charge in [0.25, 0.3) is 0 Å². The Balaban J connectivity index is 2.54. The summed E-state index contributed by atoms with van der Waals surface area (Å²) in [6.45, 7) is 4.75. The number of hydrogen-bond acceptors (Lipinski definition) is 4. The largest absolute Gasteiger partial charge is 0.330 e. The van der Waals surface area contributed by atoms with E-state index >= 15 is 0 Å². The van der Waals surface area contributed by atoms with Crippen molar-refractivity contribution in [2.45, 2.75) is 50.3 Å². The second-order valence-corrected chi connectivity index (χ2v) is 8.45. The molecule has 1 aliphatic rings. The molecule has 4 nitrogen and oxygen atoms in total. The lowest BCUT2D eigenvalue weighted by molar-refractivity contribution is 0.263. The lowest BCUT2D eigenvalue weighted by Crippen LogP contribution is -2.49. The van der Waals surface area contributed by atoms with Gasteiger partial charge >= 0.3 is 0 Å². The summed E-state index contributed by atoms with van der Waals surface area (Å²) in [6.07, 6.45) is 6.04. The molecule has 0 aromatic rings. The van der Waals surface area contributed by atoms with Crippen molar-refractivity contribution in [3.63, 3.8) is 0 Å². The number of nitrogens with two attached hydrogens (primary N) is 1. The lowest BCUT2D eigenvalue weighted by Gasteiger charge is -2.34. The van der Waals surface area contributed by atoms with Crippen LogP contribution in [0.1, 0.15) is 39.5 Å².